The third kappa shape index (κ3) is 4.10. The summed E-state index contributed by atoms with van der Waals surface area (Å²) in [4.78, 5) is 3.48. The van der Waals surface area contributed by atoms with Crippen molar-refractivity contribution in [3.05, 3.63) is 29.3 Å². The number of rotatable bonds is 3. The molecule has 4 nitrogen and oxygen atoms in total. The van der Waals surface area contributed by atoms with Crippen molar-refractivity contribution >= 4 is 11.5 Å². The van der Waals surface area contributed by atoms with Crippen LogP contribution in [-0.2, 0) is 0 Å². The second-order valence-corrected chi connectivity index (χ2v) is 5.29. The second-order valence-electron chi connectivity index (χ2n) is 5.29. The molecule has 0 spiro atoms. The van der Waals surface area contributed by atoms with Gasteiger partial charge in [0.15, 0.2) is 0 Å². The van der Waals surface area contributed by atoms with E-state index in [2.05, 4.69) is 4.90 Å². The van der Waals surface area contributed by atoms with Gasteiger partial charge in [-0.15, -0.1) is 0 Å². The van der Waals surface area contributed by atoms with Crippen LogP contribution in [0.15, 0.2) is 18.2 Å². The van der Waals surface area contributed by atoms with Crippen LogP contribution < -0.4 is 10.6 Å². The number of halogens is 3. The molecule has 0 bridgehead atoms. The fourth-order valence-corrected chi connectivity index (χ4v) is 2.56. The lowest BCUT2D eigenvalue weighted by atomic mass is 10.1. The smallest absolute Gasteiger partial charge is 0.384 e. The number of alkyl halides is 3. The molecule has 3 N–H and O–H groups in total. The maximum atomic E-state index is 12.3. The van der Waals surface area contributed by atoms with E-state index in [1.807, 2.05) is 19.1 Å². The van der Waals surface area contributed by atoms with Gasteiger partial charge in [-0.25, -0.2) is 0 Å². The van der Waals surface area contributed by atoms with Crippen LogP contribution in [0.2, 0.25) is 0 Å². The highest BCUT2D eigenvalue weighted by Crippen LogP contribution is 2.22. The number of piperazine rings is 1. The molecule has 0 radical (unpaired) electrons. The van der Waals surface area contributed by atoms with Crippen molar-refractivity contribution in [2.75, 3.05) is 37.6 Å². The zero-order chi connectivity index (χ0) is 15.6. The summed E-state index contributed by atoms with van der Waals surface area (Å²) >= 11 is 0. The first-order valence-corrected chi connectivity index (χ1v) is 6.75. The van der Waals surface area contributed by atoms with Gasteiger partial charge in [0.05, 0.1) is 6.54 Å². The molecule has 7 heteroatoms. The van der Waals surface area contributed by atoms with Gasteiger partial charge in [-0.2, -0.15) is 13.2 Å². The van der Waals surface area contributed by atoms with Crippen LogP contribution in [-0.4, -0.2) is 49.6 Å². The van der Waals surface area contributed by atoms with Crippen molar-refractivity contribution in [3.8, 4) is 0 Å². The molecule has 21 heavy (non-hydrogen) atoms. The molecule has 1 aliphatic heterocycles. The third-order valence-electron chi connectivity index (χ3n) is 3.64. The molecule has 0 aromatic heterocycles. The van der Waals surface area contributed by atoms with Crippen LogP contribution in [0, 0.1) is 12.3 Å². The molecule has 116 valence electrons. The molecule has 2 rings (SSSR count). The first-order chi connectivity index (χ1) is 9.76. The first-order valence-electron chi connectivity index (χ1n) is 6.75. The molecular weight excluding hydrogens is 281 g/mol. The van der Waals surface area contributed by atoms with E-state index in [1.54, 1.807) is 6.07 Å². The number of nitrogens with one attached hydrogen (secondary N) is 1. The highest BCUT2D eigenvalue weighted by molar-refractivity contribution is 5.96. The molecule has 1 heterocycles. The average Bonchev–Trinajstić information content (AvgIpc) is 2.37. The SMILES string of the molecule is Cc1cc(N2CCN(CC(F)(F)F)CC2)ccc1C(=N)N. The lowest BCUT2D eigenvalue weighted by molar-refractivity contribution is -0.146. The zero-order valence-corrected chi connectivity index (χ0v) is 11.9. The van der Waals surface area contributed by atoms with Gasteiger partial charge in [0, 0.05) is 37.4 Å². The minimum atomic E-state index is -4.14. The van der Waals surface area contributed by atoms with E-state index in [1.165, 1.54) is 4.90 Å². The lowest BCUT2D eigenvalue weighted by Crippen LogP contribution is -2.49. The van der Waals surface area contributed by atoms with Gasteiger partial charge < -0.3 is 10.6 Å². The Hall–Kier alpha value is -1.76. The van der Waals surface area contributed by atoms with Crippen LogP contribution in [0.25, 0.3) is 0 Å². The molecule has 0 saturated carbocycles. The highest BCUT2D eigenvalue weighted by atomic mass is 19.4. The number of nitrogens with zero attached hydrogens (tertiary/aromatic N) is 2. The third-order valence-corrected chi connectivity index (χ3v) is 3.64. The summed E-state index contributed by atoms with van der Waals surface area (Å²) in [6, 6.07) is 5.58. The second kappa shape index (κ2) is 5.93. The summed E-state index contributed by atoms with van der Waals surface area (Å²) in [6.07, 6.45) is -4.14. The Morgan fingerprint density at radius 2 is 1.86 bits per heavy atom. The summed E-state index contributed by atoms with van der Waals surface area (Å²) in [7, 11) is 0. The minimum Gasteiger partial charge on any atom is -0.384 e. The quantitative estimate of drug-likeness (QED) is 0.663. The van der Waals surface area contributed by atoms with E-state index in [-0.39, 0.29) is 5.84 Å². The number of nitrogen functional groups attached to an aromatic ring is 1. The summed E-state index contributed by atoms with van der Waals surface area (Å²) in [5.74, 6) is 0.0223. The van der Waals surface area contributed by atoms with Gasteiger partial charge in [-0.1, -0.05) is 0 Å². The summed E-state index contributed by atoms with van der Waals surface area (Å²) in [6.45, 7) is 2.95. The highest BCUT2D eigenvalue weighted by Gasteiger charge is 2.32. The summed E-state index contributed by atoms with van der Waals surface area (Å²) in [5, 5.41) is 7.45. The van der Waals surface area contributed by atoms with E-state index in [0.717, 1.165) is 11.3 Å². The van der Waals surface area contributed by atoms with Crippen LogP contribution in [0.4, 0.5) is 18.9 Å². The Bertz CT molecular complexity index is 519. The van der Waals surface area contributed by atoms with Crippen molar-refractivity contribution < 1.29 is 13.2 Å². The van der Waals surface area contributed by atoms with Gasteiger partial charge in [0.2, 0.25) is 0 Å². The number of benzene rings is 1. The van der Waals surface area contributed by atoms with Crippen LogP contribution in [0.1, 0.15) is 11.1 Å². The number of hydrogen-bond donors (Lipinski definition) is 2. The minimum absolute atomic E-state index is 0.0223. The molecule has 1 saturated heterocycles. The van der Waals surface area contributed by atoms with Crippen LogP contribution in [0.3, 0.4) is 0 Å². The Kier molecular flexibility index (Phi) is 4.41. The van der Waals surface area contributed by atoms with Crippen molar-refractivity contribution in [2.45, 2.75) is 13.1 Å². The van der Waals surface area contributed by atoms with E-state index in [9.17, 15) is 13.2 Å². The van der Waals surface area contributed by atoms with Gasteiger partial charge >= 0.3 is 6.18 Å². The standard InChI is InChI=1S/C14H19F3N4/c1-10-8-11(2-3-12(10)13(18)19)21-6-4-20(5-7-21)9-14(15,16)17/h2-3,8H,4-7,9H2,1H3,(H3,18,19). The predicted octanol–water partition coefficient (Wildman–Crippen LogP) is 1.96. The van der Waals surface area contributed by atoms with Gasteiger partial charge in [-0.05, 0) is 30.7 Å². The molecule has 0 aliphatic carbocycles. The fourth-order valence-electron chi connectivity index (χ4n) is 2.56. The Morgan fingerprint density at radius 3 is 2.33 bits per heavy atom. The zero-order valence-electron chi connectivity index (χ0n) is 11.9. The molecule has 0 amide bonds. The Labute approximate surface area is 121 Å². The van der Waals surface area contributed by atoms with Crippen molar-refractivity contribution in [1.29, 1.82) is 5.41 Å². The number of nitrogens with two attached hydrogens (primary N) is 1. The molecule has 1 aromatic carbocycles. The molecule has 1 aromatic rings. The monoisotopic (exact) mass is 300 g/mol. The number of hydrogen-bond acceptors (Lipinski definition) is 3. The maximum Gasteiger partial charge on any atom is 0.401 e. The average molecular weight is 300 g/mol. The first kappa shape index (κ1) is 15.6. The fraction of sp³-hybridized carbons (Fsp3) is 0.500. The maximum absolute atomic E-state index is 12.3. The summed E-state index contributed by atoms with van der Waals surface area (Å²) in [5.41, 5.74) is 8.03. The Balaban J connectivity index is 1.99. The molecule has 0 unspecified atom stereocenters. The van der Waals surface area contributed by atoms with E-state index < -0.39 is 12.7 Å². The number of amidine groups is 1. The molecule has 1 fully saturated rings. The summed E-state index contributed by atoms with van der Waals surface area (Å²) < 4.78 is 37.0. The number of aryl methyl sites for hydroxylation is 1. The topological polar surface area (TPSA) is 56.4 Å². The van der Waals surface area contributed by atoms with Crippen LogP contribution in [0.5, 0.6) is 0 Å². The van der Waals surface area contributed by atoms with Gasteiger partial charge in [0.25, 0.3) is 0 Å². The van der Waals surface area contributed by atoms with Crippen molar-refractivity contribution in [2.24, 2.45) is 5.73 Å². The Morgan fingerprint density at radius 1 is 1.24 bits per heavy atom. The van der Waals surface area contributed by atoms with E-state index >= 15 is 0 Å². The van der Waals surface area contributed by atoms with E-state index in [4.69, 9.17) is 11.1 Å². The molecule has 0 atom stereocenters. The van der Waals surface area contributed by atoms with Crippen molar-refractivity contribution in [1.82, 2.24) is 4.90 Å². The van der Waals surface area contributed by atoms with E-state index in [0.29, 0.717) is 31.7 Å². The molecular formula is C14H19F3N4. The van der Waals surface area contributed by atoms with Crippen molar-refractivity contribution in [3.63, 3.8) is 0 Å². The largest absolute Gasteiger partial charge is 0.401 e. The van der Waals surface area contributed by atoms with Gasteiger partial charge in [0.1, 0.15) is 5.84 Å². The lowest BCUT2D eigenvalue weighted by Gasteiger charge is -2.36. The van der Waals surface area contributed by atoms with Crippen LogP contribution >= 0.6 is 0 Å². The van der Waals surface area contributed by atoms with Gasteiger partial charge in [-0.3, -0.25) is 10.3 Å². The predicted molar refractivity (Wildman–Crippen MR) is 76.9 cm³/mol. The number of anilines is 1. The normalized spacial score (nSPS) is 17.0. The molecule has 1 aliphatic rings.